The highest BCUT2D eigenvalue weighted by atomic mass is 16.6. The number of aliphatic hydroxyl groups is 1. The molecule has 1 aliphatic rings. The maximum atomic E-state index is 11.9. The van der Waals surface area contributed by atoms with Gasteiger partial charge in [-0.2, -0.15) is 0 Å². The van der Waals surface area contributed by atoms with Gasteiger partial charge in [0, 0.05) is 18.0 Å². The predicted octanol–water partition coefficient (Wildman–Crippen LogP) is 1.99. The van der Waals surface area contributed by atoms with Gasteiger partial charge in [0.2, 0.25) is 0 Å². The van der Waals surface area contributed by atoms with E-state index in [0.29, 0.717) is 13.1 Å². The lowest BCUT2D eigenvalue weighted by atomic mass is 9.88. The summed E-state index contributed by atoms with van der Waals surface area (Å²) in [4.78, 5) is 27.7. The molecule has 0 aliphatic carbocycles. The zero-order valence-corrected chi connectivity index (χ0v) is 13.8. The van der Waals surface area contributed by atoms with Crippen LogP contribution in [0, 0.1) is 0 Å². The molecule has 0 unspecified atom stereocenters. The number of amides is 1. The Hall–Kier alpha value is -1.99. The molecule has 1 saturated heterocycles. The van der Waals surface area contributed by atoms with Crippen molar-refractivity contribution in [3.63, 3.8) is 0 Å². The lowest BCUT2D eigenvalue weighted by molar-refractivity contribution is -0.150. The fourth-order valence-electron chi connectivity index (χ4n) is 2.17. The van der Waals surface area contributed by atoms with Gasteiger partial charge in [0.1, 0.15) is 5.60 Å². The van der Waals surface area contributed by atoms with Gasteiger partial charge in [-0.05, 0) is 39.1 Å². The van der Waals surface area contributed by atoms with E-state index in [-0.39, 0.29) is 32.4 Å². The van der Waals surface area contributed by atoms with Gasteiger partial charge >= 0.3 is 12.1 Å². The number of nitrogens with zero attached hydrogens (tertiary/aromatic N) is 4. The van der Waals surface area contributed by atoms with Crippen LogP contribution in [0.1, 0.15) is 40.0 Å². The van der Waals surface area contributed by atoms with Crippen LogP contribution < -0.4 is 0 Å². The molecule has 0 saturated carbocycles. The summed E-state index contributed by atoms with van der Waals surface area (Å²) in [5.74, 6) is -0.550. The normalized spacial score (nSPS) is 17.1. The molecule has 0 atom stereocenters. The van der Waals surface area contributed by atoms with E-state index in [9.17, 15) is 14.7 Å². The summed E-state index contributed by atoms with van der Waals surface area (Å²) in [5, 5.41) is 13.7. The van der Waals surface area contributed by atoms with Gasteiger partial charge in [-0.3, -0.25) is 4.79 Å². The first-order valence-electron chi connectivity index (χ1n) is 7.52. The van der Waals surface area contributed by atoms with E-state index in [1.165, 1.54) is 4.90 Å². The Labute approximate surface area is 135 Å². The van der Waals surface area contributed by atoms with Crippen LogP contribution in [0.5, 0.6) is 0 Å². The molecule has 130 valence electrons. The minimum absolute atomic E-state index is 0.0109. The van der Waals surface area contributed by atoms with Gasteiger partial charge in [0.05, 0.1) is 25.2 Å². The van der Waals surface area contributed by atoms with E-state index in [4.69, 9.17) is 15.0 Å². The third kappa shape index (κ3) is 7.21. The predicted molar refractivity (Wildman–Crippen MR) is 81.6 cm³/mol. The van der Waals surface area contributed by atoms with Crippen molar-refractivity contribution in [1.29, 1.82) is 0 Å². The van der Waals surface area contributed by atoms with Gasteiger partial charge in [-0.15, -0.1) is 0 Å². The Morgan fingerprint density at radius 2 is 1.96 bits per heavy atom. The second-order valence-electron chi connectivity index (χ2n) is 6.54. The first-order chi connectivity index (χ1) is 10.7. The number of azide groups is 1. The Bertz CT molecular complexity index is 474. The summed E-state index contributed by atoms with van der Waals surface area (Å²) in [6.45, 7) is 6.05. The summed E-state index contributed by atoms with van der Waals surface area (Å²) in [6.07, 6.45) is -0.0163. The molecule has 0 bridgehead atoms. The third-order valence-corrected chi connectivity index (χ3v) is 3.34. The Morgan fingerprint density at radius 1 is 1.35 bits per heavy atom. The average Bonchev–Trinajstić information content (AvgIpc) is 2.42. The van der Waals surface area contributed by atoms with Crippen LogP contribution in [-0.2, 0) is 14.3 Å². The lowest BCUT2D eigenvalue weighted by Gasteiger charge is -2.38. The van der Waals surface area contributed by atoms with Crippen LogP contribution in [0.25, 0.3) is 10.4 Å². The first-order valence-corrected chi connectivity index (χ1v) is 7.52. The second kappa shape index (κ2) is 8.03. The zero-order chi connectivity index (χ0) is 17.5. The standard InChI is InChI=1S/C14H24N4O5/c1-13(2,3)23-12(20)18-7-4-14(21,5-8-18)10-11(19)22-9-6-16-17-15/h21H,4-10H2,1-3H3. The van der Waals surface area contributed by atoms with E-state index >= 15 is 0 Å². The van der Waals surface area contributed by atoms with Crippen LogP contribution in [0.4, 0.5) is 4.79 Å². The number of esters is 1. The Balaban J connectivity index is 2.39. The molecule has 1 amide bonds. The van der Waals surface area contributed by atoms with E-state index in [1.807, 2.05) is 0 Å². The molecule has 1 heterocycles. The van der Waals surface area contributed by atoms with Gasteiger partial charge in [0.25, 0.3) is 0 Å². The molecule has 1 fully saturated rings. The molecule has 0 spiro atoms. The summed E-state index contributed by atoms with van der Waals surface area (Å²) >= 11 is 0. The minimum Gasteiger partial charge on any atom is -0.465 e. The number of hydrogen-bond acceptors (Lipinski definition) is 6. The summed E-state index contributed by atoms with van der Waals surface area (Å²) < 4.78 is 10.2. The van der Waals surface area contributed by atoms with E-state index in [2.05, 4.69) is 10.0 Å². The molecule has 1 rings (SSSR count). The Kier molecular flexibility index (Phi) is 6.65. The number of carbonyl (C=O) groups excluding carboxylic acids is 2. The number of likely N-dealkylation sites (tertiary alicyclic amines) is 1. The fourth-order valence-corrected chi connectivity index (χ4v) is 2.17. The number of rotatable bonds is 5. The summed E-state index contributed by atoms with van der Waals surface area (Å²) in [6, 6.07) is 0. The maximum absolute atomic E-state index is 11.9. The SMILES string of the molecule is CC(C)(C)OC(=O)N1CCC(O)(CC(=O)OCCN=[N+]=[N-])CC1. The largest absolute Gasteiger partial charge is 0.465 e. The second-order valence-corrected chi connectivity index (χ2v) is 6.54. The van der Waals surface area contributed by atoms with Crippen molar-refractivity contribution in [1.82, 2.24) is 4.90 Å². The quantitative estimate of drug-likeness (QED) is 0.271. The molecule has 0 aromatic rings. The molecule has 9 nitrogen and oxygen atoms in total. The Morgan fingerprint density at radius 3 is 2.48 bits per heavy atom. The zero-order valence-electron chi connectivity index (χ0n) is 13.8. The van der Waals surface area contributed by atoms with Crippen molar-refractivity contribution in [3.8, 4) is 0 Å². The molecule has 9 heteroatoms. The molecule has 0 aromatic carbocycles. The van der Waals surface area contributed by atoms with Crippen LogP contribution in [0.2, 0.25) is 0 Å². The lowest BCUT2D eigenvalue weighted by Crippen LogP contribution is -2.49. The molecule has 23 heavy (non-hydrogen) atoms. The maximum Gasteiger partial charge on any atom is 0.410 e. The fraction of sp³-hybridized carbons (Fsp3) is 0.857. The highest BCUT2D eigenvalue weighted by Gasteiger charge is 2.37. The van der Waals surface area contributed by atoms with Crippen molar-refractivity contribution >= 4 is 12.1 Å². The van der Waals surface area contributed by atoms with Crippen molar-refractivity contribution in [2.45, 2.75) is 51.2 Å². The van der Waals surface area contributed by atoms with Crippen LogP contribution >= 0.6 is 0 Å². The smallest absolute Gasteiger partial charge is 0.410 e. The number of piperidine rings is 1. The molecule has 0 radical (unpaired) electrons. The van der Waals surface area contributed by atoms with Gasteiger partial charge in [-0.1, -0.05) is 5.11 Å². The van der Waals surface area contributed by atoms with Gasteiger partial charge in [-0.25, -0.2) is 4.79 Å². The van der Waals surface area contributed by atoms with Crippen molar-refractivity contribution in [3.05, 3.63) is 10.4 Å². The highest BCUT2D eigenvalue weighted by Crippen LogP contribution is 2.27. The summed E-state index contributed by atoms with van der Waals surface area (Å²) in [5.41, 5.74) is 6.35. The molecular formula is C14H24N4O5. The van der Waals surface area contributed by atoms with Crippen molar-refractivity contribution < 1.29 is 24.2 Å². The van der Waals surface area contributed by atoms with E-state index < -0.39 is 23.3 Å². The van der Waals surface area contributed by atoms with Crippen LogP contribution in [0.3, 0.4) is 0 Å². The number of hydrogen-bond donors (Lipinski definition) is 1. The van der Waals surface area contributed by atoms with Gasteiger partial charge in [0.15, 0.2) is 0 Å². The van der Waals surface area contributed by atoms with E-state index in [0.717, 1.165) is 0 Å². The molecule has 1 aliphatic heterocycles. The number of ether oxygens (including phenoxy) is 2. The topological polar surface area (TPSA) is 125 Å². The molecule has 1 N–H and O–H groups in total. The number of carbonyl (C=O) groups is 2. The van der Waals surface area contributed by atoms with Crippen LogP contribution in [-0.4, -0.2) is 59.5 Å². The van der Waals surface area contributed by atoms with Crippen molar-refractivity contribution in [2.24, 2.45) is 5.11 Å². The minimum atomic E-state index is -1.19. The first kappa shape index (κ1) is 19.1. The molecule has 0 aromatic heterocycles. The van der Waals surface area contributed by atoms with Gasteiger partial charge < -0.3 is 19.5 Å². The molecular weight excluding hydrogens is 304 g/mol. The average molecular weight is 328 g/mol. The third-order valence-electron chi connectivity index (χ3n) is 3.34. The van der Waals surface area contributed by atoms with Crippen LogP contribution in [0.15, 0.2) is 5.11 Å². The van der Waals surface area contributed by atoms with E-state index in [1.54, 1.807) is 20.8 Å². The van der Waals surface area contributed by atoms with Crippen molar-refractivity contribution in [2.75, 3.05) is 26.2 Å². The monoisotopic (exact) mass is 328 g/mol. The summed E-state index contributed by atoms with van der Waals surface area (Å²) in [7, 11) is 0. The highest BCUT2D eigenvalue weighted by molar-refractivity contribution is 5.71.